The molecule has 4 rings (SSSR count). The van der Waals surface area contributed by atoms with E-state index in [2.05, 4.69) is 13.8 Å². The standard InChI is InChI=1S/C21H32O3/c1-20-8-6-14(22)11-18(20)13(12-24-3)10-15-16-4-5-19(23)21(16,2)9-7-17(15)20/h13,15-18H,4-12H2,1-3H3/t13?,15-,16-,17+,18?,20+,21-/m0/s1. The van der Waals surface area contributed by atoms with Crippen LogP contribution in [0.25, 0.3) is 0 Å². The molecular weight excluding hydrogens is 300 g/mol. The summed E-state index contributed by atoms with van der Waals surface area (Å²) in [6, 6.07) is 0. The number of Topliss-reactive ketones (excluding diaryl/α,β-unsaturated/α-hetero) is 2. The quantitative estimate of drug-likeness (QED) is 0.766. The van der Waals surface area contributed by atoms with Crippen molar-refractivity contribution in [1.82, 2.24) is 0 Å². The highest BCUT2D eigenvalue weighted by Gasteiger charge is 2.62. The Morgan fingerprint density at radius 3 is 2.58 bits per heavy atom. The van der Waals surface area contributed by atoms with Crippen LogP contribution in [0.4, 0.5) is 0 Å². The molecule has 4 aliphatic carbocycles. The number of methoxy groups -OCH3 is 1. The largest absolute Gasteiger partial charge is 0.384 e. The average molecular weight is 332 g/mol. The lowest BCUT2D eigenvalue weighted by atomic mass is 9.43. The molecule has 4 fully saturated rings. The molecular formula is C21H32O3. The fraction of sp³-hybridized carbons (Fsp3) is 0.905. The molecule has 3 heteroatoms. The Bertz CT molecular complexity index is 555. The Hall–Kier alpha value is -0.700. The molecule has 2 unspecified atom stereocenters. The maximum atomic E-state index is 12.5. The lowest BCUT2D eigenvalue weighted by Gasteiger charge is -2.61. The molecule has 134 valence electrons. The molecule has 0 radical (unpaired) electrons. The predicted molar refractivity (Wildman–Crippen MR) is 92.5 cm³/mol. The van der Waals surface area contributed by atoms with E-state index in [1.165, 1.54) is 12.8 Å². The number of carbonyl (C=O) groups excluding carboxylic acids is 2. The van der Waals surface area contributed by atoms with E-state index in [4.69, 9.17) is 4.74 Å². The summed E-state index contributed by atoms with van der Waals surface area (Å²) in [5, 5.41) is 0. The first-order valence-electron chi connectivity index (χ1n) is 9.94. The third-order valence-corrected chi connectivity index (χ3v) is 8.76. The molecule has 0 aromatic rings. The van der Waals surface area contributed by atoms with Crippen molar-refractivity contribution in [2.45, 2.75) is 65.2 Å². The van der Waals surface area contributed by atoms with E-state index in [1.807, 2.05) is 0 Å². The van der Waals surface area contributed by atoms with Crippen LogP contribution in [0.3, 0.4) is 0 Å². The normalized spacial score (nSPS) is 51.0. The van der Waals surface area contributed by atoms with E-state index in [1.54, 1.807) is 7.11 Å². The van der Waals surface area contributed by atoms with Gasteiger partial charge < -0.3 is 4.74 Å². The Morgan fingerprint density at radius 2 is 1.83 bits per heavy atom. The Balaban J connectivity index is 1.69. The molecule has 0 saturated heterocycles. The number of fused-ring (bicyclic) bond motifs is 5. The average Bonchev–Trinajstić information content (AvgIpc) is 2.85. The molecule has 3 nitrogen and oxygen atoms in total. The summed E-state index contributed by atoms with van der Waals surface area (Å²) < 4.78 is 5.57. The number of ether oxygens (including phenoxy) is 1. The van der Waals surface area contributed by atoms with E-state index >= 15 is 0 Å². The van der Waals surface area contributed by atoms with E-state index < -0.39 is 0 Å². The minimum atomic E-state index is -0.0630. The van der Waals surface area contributed by atoms with Crippen LogP contribution < -0.4 is 0 Å². The summed E-state index contributed by atoms with van der Waals surface area (Å²) in [5.74, 6) is 3.87. The monoisotopic (exact) mass is 332 g/mol. The van der Waals surface area contributed by atoms with Crippen LogP contribution in [0.15, 0.2) is 0 Å². The van der Waals surface area contributed by atoms with Crippen LogP contribution in [-0.4, -0.2) is 25.3 Å². The van der Waals surface area contributed by atoms with Gasteiger partial charge in [-0.15, -0.1) is 0 Å². The molecule has 0 aromatic heterocycles. The van der Waals surface area contributed by atoms with Crippen LogP contribution in [-0.2, 0) is 14.3 Å². The molecule has 0 N–H and O–H groups in total. The maximum absolute atomic E-state index is 12.5. The molecule has 4 saturated carbocycles. The third kappa shape index (κ3) is 2.19. The van der Waals surface area contributed by atoms with Gasteiger partial charge in [-0.05, 0) is 67.1 Å². The highest BCUT2D eigenvalue weighted by atomic mass is 16.5. The zero-order valence-electron chi connectivity index (χ0n) is 15.5. The van der Waals surface area contributed by atoms with Gasteiger partial charge in [0.15, 0.2) is 0 Å². The molecule has 0 heterocycles. The second-order valence-electron chi connectivity index (χ2n) is 9.60. The highest BCUT2D eigenvalue weighted by molar-refractivity contribution is 5.87. The van der Waals surface area contributed by atoms with Crippen molar-refractivity contribution in [2.24, 2.45) is 40.4 Å². The SMILES string of the molecule is COCC1C[C@@H]2[C@@H](CC[C@]3(C)C(=O)CC[C@@H]23)[C@@]2(C)CCC(=O)CC12. The summed E-state index contributed by atoms with van der Waals surface area (Å²) in [4.78, 5) is 24.7. The Morgan fingerprint density at radius 1 is 1.04 bits per heavy atom. The van der Waals surface area contributed by atoms with Crippen LogP contribution in [0, 0.1) is 40.4 Å². The van der Waals surface area contributed by atoms with Crippen LogP contribution in [0.5, 0.6) is 0 Å². The first kappa shape index (κ1) is 16.8. The molecule has 24 heavy (non-hydrogen) atoms. The van der Waals surface area contributed by atoms with Crippen LogP contribution >= 0.6 is 0 Å². The maximum Gasteiger partial charge on any atom is 0.139 e. The lowest BCUT2D eigenvalue weighted by molar-refractivity contribution is -0.157. The minimum Gasteiger partial charge on any atom is -0.384 e. The van der Waals surface area contributed by atoms with Gasteiger partial charge in [-0.2, -0.15) is 0 Å². The number of carbonyl (C=O) groups is 2. The van der Waals surface area contributed by atoms with Gasteiger partial charge in [-0.3, -0.25) is 9.59 Å². The van der Waals surface area contributed by atoms with Gasteiger partial charge in [0.05, 0.1) is 0 Å². The number of hydrogen-bond acceptors (Lipinski definition) is 3. The molecule has 0 bridgehead atoms. The van der Waals surface area contributed by atoms with E-state index in [0.29, 0.717) is 41.2 Å². The van der Waals surface area contributed by atoms with Gasteiger partial charge in [0.2, 0.25) is 0 Å². The zero-order valence-corrected chi connectivity index (χ0v) is 15.5. The van der Waals surface area contributed by atoms with Crippen molar-refractivity contribution < 1.29 is 14.3 Å². The summed E-state index contributed by atoms with van der Waals surface area (Å²) >= 11 is 0. The third-order valence-electron chi connectivity index (χ3n) is 8.76. The number of ketones is 2. The Labute approximate surface area is 145 Å². The van der Waals surface area contributed by atoms with E-state index in [0.717, 1.165) is 45.1 Å². The second-order valence-corrected chi connectivity index (χ2v) is 9.60. The number of rotatable bonds is 2. The molecule has 0 spiro atoms. The van der Waals surface area contributed by atoms with Gasteiger partial charge in [-0.25, -0.2) is 0 Å². The fourth-order valence-corrected chi connectivity index (χ4v) is 7.46. The molecule has 0 amide bonds. The first-order chi connectivity index (χ1) is 11.4. The molecule has 0 aliphatic heterocycles. The summed E-state index contributed by atoms with van der Waals surface area (Å²) in [5.41, 5.74) is 0.208. The van der Waals surface area contributed by atoms with Crippen molar-refractivity contribution in [3.63, 3.8) is 0 Å². The topological polar surface area (TPSA) is 43.4 Å². The van der Waals surface area contributed by atoms with Crippen molar-refractivity contribution in [1.29, 1.82) is 0 Å². The van der Waals surface area contributed by atoms with E-state index in [9.17, 15) is 9.59 Å². The van der Waals surface area contributed by atoms with Crippen LogP contribution in [0.2, 0.25) is 0 Å². The fourth-order valence-electron chi connectivity index (χ4n) is 7.46. The summed E-state index contributed by atoms with van der Waals surface area (Å²) in [6.07, 6.45) is 7.88. The van der Waals surface area contributed by atoms with Crippen molar-refractivity contribution in [3.8, 4) is 0 Å². The zero-order chi connectivity index (χ0) is 17.1. The Kier molecular flexibility index (Phi) is 3.95. The highest BCUT2D eigenvalue weighted by Crippen LogP contribution is 2.66. The van der Waals surface area contributed by atoms with Gasteiger partial charge in [-0.1, -0.05) is 13.8 Å². The minimum absolute atomic E-state index is 0.0630. The van der Waals surface area contributed by atoms with E-state index in [-0.39, 0.29) is 10.8 Å². The van der Waals surface area contributed by atoms with Gasteiger partial charge in [0, 0.05) is 38.4 Å². The predicted octanol–water partition coefficient (Wildman–Crippen LogP) is 4.04. The lowest BCUT2D eigenvalue weighted by Crippen LogP contribution is -2.57. The van der Waals surface area contributed by atoms with Crippen molar-refractivity contribution >= 4 is 11.6 Å². The van der Waals surface area contributed by atoms with Gasteiger partial charge in [0.25, 0.3) is 0 Å². The van der Waals surface area contributed by atoms with Crippen LogP contribution in [0.1, 0.15) is 65.2 Å². The summed E-state index contributed by atoms with van der Waals surface area (Å²) in [7, 11) is 1.79. The first-order valence-corrected chi connectivity index (χ1v) is 9.94. The smallest absolute Gasteiger partial charge is 0.139 e. The number of hydrogen-bond donors (Lipinski definition) is 0. The van der Waals surface area contributed by atoms with Crippen molar-refractivity contribution in [3.05, 3.63) is 0 Å². The molecule has 4 aliphatic rings. The van der Waals surface area contributed by atoms with Gasteiger partial charge in [0.1, 0.15) is 11.6 Å². The molecule has 0 aromatic carbocycles. The second kappa shape index (κ2) is 5.65. The van der Waals surface area contributed by atoms with Crippen molar-refractivity contribution in [2.75, 3.05) is 13.7 Å². The van der Waals surface area contributed by atoms with Gasteiger partial charge >= 0.3 is 0 Å². The summed E-state index contributed by atoms with van der Waals surface area (Å²) in [6.45, 7) is 5.48. The molecule has 7 atom stereocenters.